The summed E-state index contributed by atoms with van der Waals surface area (Å²) in [7, 11) is 0. The molecule has 0 spiro atoms. The molecule has 1 aliphatic heterocycles. The summed E-state index contributed by atoms with van der Waals surface area (Å²) in [6, 6.07) is 3.57. The van der Waals surface area contributed by atoms with E-state index in [1.165, 1.54) is 0 Å². The number of amides is 1. The first-order chi connectivity index (χ1) is 9.49. The first-order valence-electron chi connectivity index (χ1n) is 6.90. The lowest BCUT2D eigenvalue weighted by Gasteiger charge is -2.37. The van der Waals surface area contributed by atoms with Crippen molar-refractivity contribution in [2.24, 2.45) is 11.7 Å². The van der Waals surface area contributed by atoms with Crippen LogP contribution in [0.15, 0.2) is 22.8 Å². The fraction of sp³-hybridized carbons (Fsp3) is 0.571. The zero-order valence-electron chi connectivity index (χ0n) is 12.7. The van der Waals surface area contributed by atoms with E-state index in [0.717, 1.165) is 23.4 Å². The lowest BCUT2D eigenvalue weighted by molar-refractivity contribution is -0.133. The number of aromatic nitrogens is 1. The lowest BCUT2D eigenvalue weighted by Crippen LogP contribution is -2.54. The molecule has 22 heavy (non-hydrogen) atoms. The van der Waals surface area contributed by atoms with Crippen molar-refractivity contribution < 1.29 is 4.79 Å². The molecule has 1 aromatic heterocycles. The van der Waals surface area contributed by atoms with Crippen molar-refractivity contribution in [3.05, 3.63) is 22.8 Å². The normalized spacial score (nSPS) is 15.9. The molecule has 1 amide bonds. The summed E-state index contributed by atoms with van der Waals surface area (Å²) in [5.41, 5.74) is 5.93. The van der Waals surface area contributed by atoms with E-state index in [0.29, 0.717) is 13.1 Å². The summed E-state index contributed by atoms with van der Waals surface area (Å²) in [6.07, 6.45) is 1.79. The van der Waals surface area contributed by atoms with Gasteiger partial charge in [0, 0.05) is 36.8 Å². The molecule has 2 rings (SSSR count). The molecule has 0 bridgehead atoms. The summed E-state index contributed by atoms with van der Waals surface area (Å²) >= 11 is 3.38. The Morgan fingerprint density at radius 2 is 1.82 bits per heavy atom. The van der Waals surface area contributed by atoms with Gasteiger partial charge in [0.15, 0.2) is 0 Å². The van der Waals surface area contributed by atoms with Gasteiger partial charge in [-0.2, -0.15) is 0 Å². The Balaban J connectivity index is 0.00000220. The number of piperazine rings is 1. The van der Waals surface area contributed by atoms with Gasteiger partial charge >= 0.3 is 0 Å². The minimum Gasteiger partial charge on any atom is -0.353 e. The third-order valence-electron chi connectivity index (χ3n) is 3.63. The topological polar surface area (TPSA) is 62.5 Å². The number of halogens is 3. The van der Waals surface area contributed by atoms with Gasteiger partial charge in [0.05, 0.1) is 6.04 Å². The SMILES string of the molecule is CC(C)C(N)C(=O)N1CCN(c2ccc(Br)cn2)CC1.Cl.Cl. The maximum Gasteiger partial charge on any atom is 0.239 e. The Labute approximate surface area is 152 Å². The molecular weight excluding hydrogens is 391 g/mol. The fourth-order valence-corrected chi connectivity index (χ4v) is 2.44. The Hall–Kier alpha value is -0.560. The van der Waals surface area contributed by atoms with Gasteiger partial charge in [-0.05, 0) is 34.0 Å². The van der Waals surface area contributed by atoms with E-state index in [1.54, 1.807) is 6.20 Å². The van der Waals surface area contributed by atoms with Crippen LogP contribution in [0.25, 0.3) is 0 Å². The molecule has 5 nitrogen and oxygen atoms in total. The number of rotatable bonds is 3. The average molecular weight is 414 g/mol. The van der Waals surface area contributed by atoms with Crippen molar-refractivity contribution in [3.8, 4) is 0 Å². The van der Waals surface area contributed by atoms with Gasteiger partial charge in [-0.25, -0.2) is 4.98 Å². The number of nitrogens with zero attached hydrogens (tertiary/aromatic N) is 3. The quantitative estimate of drug-likeness (QED) is 0.825. The number of carbonyl (C=O) groups is 1. The predicted molar refractivity (Wildman–Crippen MR) is 98.0 cm³/mol. The third kappa shape index (κ3) is 5.26. The van der Waals surface area contributed by atoms with Gasteiger partial charge in [-0.1, -0.05) is 13.8 Å². The van der Waals surface area contributed by atoms with Crippen LogP contribution in [0.1, 0.15) is 13.8 Å². The lowest BCUT2D eigenvalue weighted by atomic mass is 10.0. The van der Waals surface area contributed by atoms with E-state index >= 15 is 0 Å². The number of anilines is 1. The standard InChI is InChI=1S/C14H21BrN4O.2ClH/c1-10(2)13(16)14(20)19-7-5-18(6-8-19)12-4-3-11(15)9-17-12;;/h3-4,9-10,13H,5-8,16H2,1-2H3;2*1H. The van der Waals surface area contributed by atoms with Crippen LogP contribution >= 0.6 is 40.7 Å². The van der Waals surface area contributed by atoms with Gasteiger partial charge in [0.1, 0.15) is 5.82 Å². The number of pyridine rings is 1. The number of carbonyl (C=O) groups excluding carboxylic acids is 1. The van der Waals surface area contributed by atoms with Gasteiger partial charge in [0.25, 0.3) is 0 Å². The predicted octanol–water partition coefficient (Wildman–Crippen LogP) is 2.32. The van der Waals surface area contributed by atoms with Gasteiger partial charge < -0.3 is 15.5 Å². The molecule has 0 saturated carbocycles. The Kier molecular flexibility index (Phi) is 9.31. The fourth-order valence-electron chi connectivity index (χ4n) is 2.21. The smallest absolute Gasteiger partial charge is 0.239 e. The summed E-state index contributed by atoms with van der Waals surface area (Å²) < 4.78 is 0.970. The largest absolute Gasteiger partial charge is 0.353 e. The second kappa shape index (κ2) is 9.55. The van der Waals surface area contributed by atoms with E-state index < -0.39 is 6.04 Å². The highest BCUT2D eigenvalue weighted by molar-refractivity contribution is 9.10. The van der Waals surface area contributed by atoms with E-state index in [1.807, 2.05) is 30.9 Å². The number of nitrogens with two attached hydrogens (primary N) is 1. The highest BCUT2D eigenvalue weighted by atomic mass is 79.9. The second-order valence-corrected chi connectivity index (χ2v) is 6.33. The van der Waals surface area contributed by atoms with Crippen LogP contribution in [-0.4, -0.2) is 48.0 Å². The molecule has 1 fully saturated rings. The van der Waals surface area contributed by atoms with E-state index in [-0.39, 0.29) is 36.6 Å². The van der Waals surface area contributed by atoms with Crippen LogP contribution in [-0.2, 0) is 4.79 Å². The van der Waals surface area contributed by atoms with Gasteiger partial charge in [-0.15, -0.1) is 24.8 Å². The molecule has 1 saturated heterocycles. The monoisotopic (exact) mass is 412 g/mol. The maximum absolute atomic E-state index is 12.2. The molecule has 126 valence electrons. The van der Waals surface area contributed by atoms with Crippen molar-refractivity contribution >= 4 is 52.5 Å². The minimum absolute atomic E-state index is 0. The molecule has 0 aliphatic carbocycles. The highest BCUT2D eigenvalue weighted by Gasteiger charge is 2.27. The van der Waals surface area contributed by atoms with Gasteiger partial charge in [-0.3, -0.25) is 4.79 Å². The summed E-state index contributed by atoms with van der Waals surface area (Å²) in [4.78, 5) is 20.6. The highest BCUT2D eigenvalue weighted by Crippen LogP contribution is 2.17. The average Bonchev–Trinajstić information content (AvgIpc) is 2.46. The van der Waals surface area contributed by atoms with Crippen molar-refractivity contribution in [1.82, 2.24) is 9.88 Å². The third-order valence-corrected chi connectivity index (χ3v) is 4.10. The first kappa shape index (κ1) is 21.4. The minimum atomic E-state index is -0.396. The van der Waals surface area contributed by atoms with Crippen LogP contribution in [0.3, 0.4) is 0 Å². The summed E-state index contributed by atoms with van der Waals surface area (Å²) in [5, 5.41) is 0. The Morgan fingerprint density at radius 3 is 2.27 bits per heavy atom. The van der Waals surface area contributed by atoms with Crippen molar-refractivity contribution in [2.45, 2.75) is 19.9 Å². The van der Waals surface area contributed by atoms with Crippen LogP contribution in [0.2, 0.25) is 0 Å². The summed E-state index contributed by atoms with van der Waals surface area (Å²) in [6.45, 7) is 6.96. The van der Waals surface area contributed by atoms with Gasteiger partial charge in [0.2, 0.25) is 5.91 Å². The molecule has 1 unspecified atom stereocenters. The molecular formula is C14H23BrCl2N4O. The van der Waals surface area contributed by atoms with Crippen LogP contribution in [0.4, 0.5) is 5.82 Å². The van der Waals surface area contributed by atoms with E-state index in [4.69, 9.17) is 5.73 Å². The van der Waals surface area contributed by atoms with Crippen LogP contribution in [0, 0.1) is 5.92 Å². The Bertz CT molecular complexity index is 464. The molecule has 0 aromatic carbocycles. The molecule has 0 radical (unpaired) electrons. The molecule has 1 aromatic rings. The maximum atomic E-state index is 12.2. The Morgan fingerprint density at radius 1 is 1.23 bits per heavy atom. The molecule has 1 aliphatic rings. The van der Waals surface area contributed by atoms with Crippen molar-refractivity contribution in [1.29, 1.82) is 0 Å². The molecule has 1 atom stereocenters. The summed E-state index contributed by atoms with van der Waals surface area (Å²) in [5.74, 6) is 1.19. The zero-order chi connectivity index (χ0) is 14.7. The number of hydrogen-bond acceptors (Lipinski definition) is 4. The van der Waals surface area contributed by atoms with E-state index in [2.05, 4.69) is 25.8 Å². The van der Waals surface area contributed by atoms with Crippen LogP contribution in [0.5, 0.6) is 0 Å². The van der Waals surface area contributed by atoms with E-state index in [9.17, 15) is 4.79 Å². The first-order valence-corrected chi connectivity index (χ1v) is 7.69. The zero-order valence-corrected chi connectivity index (χ0v) is 16.0. The van der Waals surface area contributed by atoms with Crippen molar-refractivity contribution in [3.63, 3.8) is 0 Å². The second-order valence-electron chi connectivity index (χ2n) is 5.42. The molecule has 8 heteroatoms. The van der Waals surface area contributed by atoms with Crippen molar-refractivity contribution in [2.75, 3.05) is 31.1 Å². The molecule has 2 heterocycles. The van der Waals surface area contributed by atoms with Crippen LogP contribution < -0.4 is 10.6 Å². The number of hydrogen-bond donors (Lipinski definition) is 1. The molecule has 2 N–H and O–H groups in total.